The van der Waals surface area contributed by atoms with Crippen LogP contribution in [0.5, 0.6) is 0 Å². The number of hydrogen-bond acceptors (Lipinski definition) is 7. The fourth-order valence-corrected chi connectivity index (χ4v) is 2.05. The van der Waals surface area contributed by atoms with Gasteiger partial charge in [0.15, 0.2) is 0 Å². The summed E-state index contributed by atoms with van der Waals surface area (Å²) in [4.78, 5) is 10.7. The Morgan fingerprint density at radius 2 is 1.13 bits per heavy atom. The standard InChI is InChI=1S/C12H8F17NO7S.Na/c1-30(2-3-35-38(32,33)34)4(31)5(13,8(17,18)19)36-12(28,29)7(16,10(23,24)25)37-11(26,27)6(14,15)9(20,21)22;/h2-3H2,1H3,(H,32,33,34);/q;+1/p-1. The second-order valence-corrected chi connectivity index (χ2v) is 7.50. The van der Waals surface area contributed by atoms with Crippen LogP contribution < -0.4 is 29.6 Å². The van der Waals surface area contributed by atoms with Gasteiger partial charge in [0.1, 0.15) is 0 Å². The topological polar surface area (TPSA) is 105 Å². The van der Waals surface area contributed by atoms with Gasteiger partial charge in [-0.1, -0.05) is 0 Å². The van der Waals surface area contributed by atoms with E-state index in [1.807, 2.05) is 4.74 Å². The van der Waals surface area contributed by atoms with Gasteiger partial charge < -0.3 is 9.45 Å². The van der Waals surface area contributed by atoms with Gasteiger partial charge in [-0.25, -0.2) is 8.42 Å². The minimum Gasteiger partial charge on any atom is -0.726 e. The number of ether oxygens (including phenoxy) is 2. The molecule has 39 heavy (non-hydrogen) atoms. The first-order chi connectivity index (χ1) is 16.2. The number of amides is 1. The van der Waals surface area contributed by atoms with Gasteiger partial charge in [0.25, 0.3) is 5.91 Å². The largest absolute Gasteiger partial charge is 1.00 e. The number of rotatable bonds is 11. The van der Waals surface area contributed by atoms with E-state index in [4.69, 9.17) is 0 Å². The number of likely N-dealkylation sites (N-methyl/N-ethyl adjacent to an activating group) is 1. The van der Waals surface area contributed by atoms with E-state index in [9.17, 15) is 92.4 Å². The minimum atomic E-state index is -8.17. The first-order valence-electron chi connectivity index (χ1n) is 8.18. The average Bonchev–Trinajstić information content (AvgIpc) is 2.62. The number of carbonyl (C=O) groups is 1. The number of hydrogen-bond donors (Lipinski definition) is 0. The molecule has 0 saturated carbocycles. The summed E-state index contributed by atoms with van der Waals surface area (Å²) >= 11 is 0. The van der Waals surface area contributed by atoms with Crippen LogP contribution in [0.3, 0.4) is 0 Å². The molecule has 0 saturated heterocycles. The zero-order valence-electron chi connectivity index (χ0n) is 18.1. The smallest absolute Gasteiger partial charge is 0.726 e. The van der Waals surface area contributed by atoms with Gasteiger partial charge >= 0.3 is 77.9 Å². The molecule has 2 atom stereocenters. The van der Waals surface area contributed by atoms with Gasteiger partial charge in [-0.3, -0.25) is 18.5 Å². The van der Waals surface area contributed by atoms with Gasteiger partial charge in [0, 0.05) is 13.6 Å². The van der Waals surface area contributed by atoms with Crippen molar-refractivity contribution in [1.82, 2.24) is 4.90 Å². The third kappa shape index (κ3) is 8.54. The molecule has 0 heterocycles. The maximum atomic E-state index is 14.3. The Balaban J connectivity index is 0. The predicted octanol–water partition coefficient (Wildman–Crippen LogP) is 0.798. The molecule has 2 unspecified atom stereocenters. The number of carbonyl (C=O) groups excluding carboxylic acids is 1. The fraction of sp³-hybridized carbons (Fsp3) is 0.917. The van der Waals surface area contributed by atoms with Crippen molar-refractivity contribution in [2.45, 2.75) is 48.4 Å². The van der Waals surface area contributed by atoms with Crippen LogP contribution in [0.25, 0.3) is 0 Å². The van der Waals surface area contributed by atoms with Gasteiger partial charge in [0.2, 0.25) is 10.4 Å². The summed E-state index contributed by atoms with van der Waals surface area (Å²) in [5.74, 6) is -26.8. The minimum absolute atomic E-state index is 0. The summed E-state index contributed by atoms with van der Waals surface area (Å²) < 4.78 is 258. The van der Waals surface area contributed by atoms with Gasteiger partial charge in [-0.15, -0.1) is 0 Å². The van der Waals surface area contributed by atoms with Crippen LogP contribution in [0.2, 0.25) is 0 Å². The summed E-state index contributed by atoms with van der Waals surface area (Å²) in [5.41, 5.74) is 0. The molecule has 0 rings (SSSR count). The van der Waals surface area contributed by atoms with Crippen LogP contribution in [0, 0.1) is 0 Å². The van der Waals surface area contributed by atoms with Gasteiger partial charge in [-0.05, 0) is 0 Å². The summed E-state index contributed by atoms with van der Waals surface area (Å²) in [7, 11) is -5.78. The zero-order valence-corrected chi connectivity index (χ0v) is 20.9. The van der Waals surface area contributed by atoms with Gasteiger partial charge in [-0.2, -0.15) is 74.6 Å². The zero-order chi connectivity index (χ0) is 31.2. The maximum absolute atomic E-state index is 14.3. The molecule has 0 aromatic rings. The van der Waals surface area contributed by atoms with Gasteiger partial charge in [0.05, 0.1) is 6.61 Å². The molecule has 0 N–H and O–H groups in total. The molecular weight excluding hydrogens is 648 g/mol. The molecule has 27 heteroatoms. The number of halogens is 17. The van der Waals surface area contributed by atoms with Crippen molar-refractivity contribution in [3.8, 4) is 0 Å². The average molecular weight is 655 g/mol. The molecule has 8 nitrogen and oxygen atoms in total. The van der Waals surface area contributed by atoms with E-state index in [-0.39, 0.29) is 36.6 Å². The van der Waals surface area contributed by atoms with E-state index in [1.165, 1.54) is 4.74 Å². The molecule has 0 aliphatic heterocycles. The molecule has 0 spiro atoms. The van der Waals surface area contributed by atoms with Crippen LogP contribution in [0.1, 0.15) is 0 Å². The van der Waals surface area contributed by atoms with E-state index in [2.05, 4.69) is 4.18 Å². The molecule has 0 aromatic carbocycles. The van der Waals surface area contributed by atoms with Crippen molar-refractivity contribution in [1.29, 1.82) is 0 Å². The first kappa shape index (κ1) is 40.2. The SMILES string of the molecule is CN(CCOS(=O)(=O)[O-])C(=O)C(F)(OC(F)(F)C(F)(OC(F)(F)C(F)(F)C(F)(F)F)C(F)(F)F)C(F)(F)F.[Na+]. The summed E-state index contributed by atoms with van der Waals surface area (Å²) in [6.07, 6.45) is -39.1. The molecule has 0 aliphatic carbocycles. The Bertz CT molecular complexity index is 969. The monoisotopic (exact) mass is 655 g/mol. The Hall–Kier alpha value is -0.930. The second-order valence-electron chi connectivity index (χ2n) is 6.45. The molecule has 0 bridgehead atoms. The third-order valence-electron chi connectivity index (χ3n) is 3.64. The molecule has 0 aliphatic rings. The van der Waals surface area contributed by atoms with Crippen LogP contribution in [-0.2, 0) is 28.9 Å². The first-order valence-corrected chi connectivity index (χ1v) is 9.51. The van der Waals surface area contributed by atoms with Crippen LogP contribution in [0.4, 0.5) is 74.6 Å². The summed E-state index contributed by atoms with van der Waals surface area (Å²) in [6.45, 7) is -3.43. The number of nitrogens with zero attached hydrogens (tertiary/aromatic N) is 1. The molecule has 0 radical (unpaired) electrons. The van der Waals surface area contributed by atoms with E-state index in [0.29, 0.717) is 0 Å². The van der Waals surface area contributed by atoms with Crippen molar-refractivity contribution < 1.29 is 136 Å². The normalized spacial score (nSPS) is 17.6. The van der Waals surface area contributed by atoms with Crippen LogP contribution in [0.15, 0.2) is 0 Å². The fourth-order valence-electron chi connectivity index (χ4n) is 1.78. The molecule has 0 aromatic heterocycles. The van der Waals surface area contributed by atoms with E-state index < -0.39 is 82.7 Å². The van der Waals surface area contributed by atoms with E-state index in [1.54, 1.807) is 0 Å². The molecule has 1 amide bonds. The quantitative estimate of drug-likeness (QED) is 0.141. The summed E-state index contributed by atoms with van der Waals surface area (Å²) in [6, 6.07) is 0. The molecular formula is C12H7F17NNaO7S. The van der Waals surface area contributed by atoms with E-state index in [0.717, 1.165) is 0 Å². The van der Waals surface area contributed by atoms with Crippen molar-refractivity contribution in [3.05, 3.63) is 0 Å². The Morgan fingerprint density at radius 1 is 0.718 bits per heavy atom. The predicted molar refractivity (Wildman–Crippen MR) is 76.1 cm³/mol. The Morgan fingerprint density at radius 3 is 1.44 bits per heavy atom. The van der Waals surface area contributed by atoms with E-state index >= 15 is 0 Å². The molecule has 228 valence electrons. The van der Waals surface area contributed by atoms with Crippen molar-refractivity contribution in [2.75, 3.05) is 20.2 Å². The van der Waals surface area contributed by atoms with Crippen LogP contribution in [-0.4, -0.2) is 92.4 Å². The third-order valence-corrected chi connectivity index (χ3v) is 4.09. The number of alkyl halides is 17. The Labute approximate surface area is 225 Å². The summed E-state index contributed by atoms with van der Waals surface area (Å²) in [5, 5.41) is 0. The molecule has 0 fully saturated rings. The van der Waals surface area contributed by atoms with Crippen LogP contribution >= 0.6 is 0 Å². The van der Waals surface area contributed by atoms with Crippen molar-refractivity contribution in [2.24, 2.45) is 0 Å². The Kier molecular flexibility index (Phi) is 12.1. The second kappa shape index (κ2) is 11.7. The maximum Gasteiger partial charge on any atom is 1.00 e. The van der Waals surface area contributed by atoms with Crippen molar-refractivity contribution in [3.63, 3.8) is 0 Å². The van der Waals surface area contributed by atoms with Crippen molar-refractivity contribution >= 4 is 16.3 Å².